The molecule has 0 radical (unpaired) electrons. The number of carbonyl (C=O) groups excluding carboxylic acids is 2. The first-order valence-corrected chi connectivity index (χ1v) is 4.42. The van der Waals surface area contributed by atoms with Gasteiger partial charge in [0, 0.05) is 13.2 Å². The Morgan fingerprint density at radius 1 is 1.60 bits per heavy atom. The Kier molecular flexibility index (Phi) is 3.16. The maximum absolute atomic E-state index is 11.2. The maximum Gasteiger partial charge on any atom is 0.267 e. The molecule has 1 aromatic heterocycles. The van der Waals surface area contributed by atoms with Gasteiger partial charge in [0.15, 0.2) is 0 Å². The smallest absolute Gasteiger partial charge is 0.267 e. The highest BCUT2D eigenvalue weighted by molar-refractivity contribution is 6.43. The van der Waals surface area contributed by atoms with Gasteiger partial charge in [-0.3, -0.25) is 9.59 Å². The number of aryl methyl sites for hydroxylation is 1. The summed E-state index contributed by atoms with van der Waals surface area (Å²) in [5.74, 6) is -1.19. The number of carbonyl (C=O) groups is 2. The Balaban J connectivity index is 3.01. The minimum atomic E-state index is -0.627. The second kappa shape index (κ2) is 4.18. The predicted octanol–water partition coefficient (Wildman–Crippen LogP) is 0.815. The fourth-order valence-electron chi connectivity index (χ4n) is 1.13. The van der Waals surface area contributed by atoms with E-state index in [2.05, 4.69) is 11.9 Å². The number of primary amides is 1. The van der Waals surface area contributed by atoms with Crippen LogP contribution in [0.25, 0.3) is 0 Å². The largest absolute Gasteiger partial charge is 0.364 e. The van der Waals surface area contributed by atoms with Gasteiger partial charge in [-0.15, -0.1) is 0 Å². The first kappa shape index (κ1) is 11.3. The zero-order valence-electron chi connectivity index (χ0n) is 8.08. The molecule has 1 heterocycles. The van der Waals surface area contributed by atoms with Crippen LogP contribution in [0, 0.1) is 0 Å². The lowest BCUT2D eigenvalue weighted by Crippen LogP contribution is -2.19. The predicted molar refractivity (Wildman–Crippen MR) is 57.6 cm³/mol. The molecule has 0 aliphatic carbocycles. The highest BCUT2D eigenvalue weighted by Crippen LogP contribution is 2.16. The molecule has 0 bridgehead atoms. The molecule has 0 spiro atoms. The fourth-order valence-corrected chi connectivity index (χ4v) is 1.17. The standard InChI is InChI=1S/C9H10ClN3O2/c1-5(10)9(15)12-6-3-4-13(2)7(6)8(11)14/h3-4H,1H2,2H3,(H2,11,14)(H,12,15). The van der Waals surface area contributed by atoms with Gasteiger partial charge in [-0.1, -0.05) is 18.2 Å². The summed E-state index contributed by atoms with van der Waals surface area (Å²) in [5.41, 5.74) is 5.67. The van der Waals surface area contributed by atoms with Crippen LogP contribution in [0.4, 0.5) is 5.69 Å². The molecule has 0 aliphatic rings. The minimum absolute atomic E-state index is 0.158. The van der Waals surface area contributed by atoms with Gasteiger partial charge >= 0.3 is 0 Å². The number of aromatic nitrogens is 1. The van der Waals surface area contributed by atoms with Gasteiger partial charge in [0.1, 0.15) is 5.69 Å². The first-order chi connectivity index (χ1) is 6.93. The van der Waals surface area contributed by atoms with E-state index in [4.69, 9.17) is 17.3 Å². The summed E-state index contributed by atoms with van der Waals surface area (Å²) < 4.78 is 1.51. The van der Waals surface area contributed by atoms with Crippen molar-refractivity contribution < 1.29 is 9.59 Å². The summed E-state index contributed by atoms with van der Waals surface area (Å²) in [6.07, 6.45) is 1.60. The van der Waals surface area contributed by atoms with E-state index in [-0.39, 0.29) is 10.7 Å². The molecule has 0 aliphatic heterocycles. The zero-order valence-corrected chi connectivity index (χ0v) is 8.84. The minimum Gasteiger partial charge on any atom is -0.364 e. The lowest BCUT2D eigenvalue weighted by molar-refractivity contribution is -0.112. The average Bonchev–Trinajstić information content (AvgIpc) is 2.46. The molecule has 0 aromatic carbocycles. The molecule has 0 fully saturated rings. The van der Waals surface area contributed by atoms with Gasteiger partial charge in [-0.25, -0.2) is 0 Å². The van der Waals surface area contributed by atoms with Crippen LogP contribution in [0.5, 0.6) is 0 Å². The molecular weight excluding hydrogens is 218 g/mol. The van der Waals surface area contributed by atoms with Crippen LogP contribution in [0.2, 0.25) is 0 Å². The second-order valence-electron chi connectivity index (χ2n) is 2.91. The highest BCUT2D eigenvalue weighted by Gasteiger charge is 2.15. The van der Waals surface area contributed by atoms with Crippen LogP contribution in [-0.4, -0.2) is 16.4 Å². The van der Waals surface area contributed by atoms with E-state index in [1.165, 1.54) is 4.57 Å². The van der Waals surface area contributed by atoms with Crippen molar-refractivity contribution in [1.29, 1.82) is 0 Å². The summed E-state index contributed by atoms with van der Waals surface area (Å²) in [5, 5.41) is 2.26. The van der Waals surface area contributed by atoms with Crippen molar-refractivity contribution in [2.45, 2.75) is 0 Å². The van der Waals surface area contributed by atoms with Crippen LogP contribution in [0.15, 0.2) is 23.9 Å². The van der Waals surface area contributed by atoms with Crippen molar-refractivity contribution in [3.8, 4) is 0 Å². The molecule has 2 amide bonds. The van der Waals surface area contributed by atoms with Crippen molar-refractivity contribution in [1.82, 2.24) is 4.57 Å². The number of halogens is 1. The van der Waals surface area contributed by atoms with Crippen LogP contribution >= 0.6 is 11.6 Å². The second-order valence-corrected chi connectivity index (χ2v) is 3.37. The Morgan fingerprint density at radius 3 is 2.67 bits per heavy atom. The van der Waals surface area contributed by atoms with Crippen molar-refractivity contribution in [3.63, 3.8) is 0 Å². The lowest BCUT2D eigenvalue weighted by Gasteiger charge is -2.04. The third-order valence-electron chi connectivity index (χ3n) is 1.80. The van der Waals surface area contributed by atoms with Crippen molar-refractivity contribution in [2.75, 3.05) is 5.32 Å². The molecule has 1 rings (SSSR count). The van der Waals surface area contributed by atoms with Gasteiger partial charge in [0.05, 0.1) is 10.7 Å². The molecule has 15 heavy (non-hydrogen) atoms. The first-order valence-electron chi connectivity index (χ1n) is 4.04. The monoisotopic (exact) mass is 227 g/mol. The van der Waals surface area contributed by atoms with Gasteiger partial charge < -0.3 is 15.6 Å². The van der Waals surface area contributed by atoms with Gasteiger partial charge in [-0.05, 0) is 6.07 Å². The molecule has 80 valence electrons. The number of amides is 2. The number of anilines is 1. The van der Waals surface area contributed by atoms with Crippen molar-refractivity contribution in [3.05, 3.63) is 29.6 Å². The molecule has 0 unspecified atom stereocenters. The number of hydrogen-bond acceptors (Lipinski definition) is 2. The summed E-state index contributed by atoms with van der Waals surface area (Å²) in [7, 11) is 1.64. The third-order valence-corrected chi connectivity index (χ3v) is 1.97. The van der Waals surface area contributed by atoms with Crippen molar-refractivity contribution >= 4 is 29.1 Å². The van der Waals surface area contributed by atoms with E-state index in [1.54, 1.807) is 19.3 Å². The Labute approximate surface area is 91.5 Å². The molecule has 3 N–H and O–H groups in total. The van der Waals surface area contributed by atoms with E-state index < -0.39 is 11.8 Å². The molecule has 6 heteroatoms. The van der Waals surface area contributed by atoms with Gasteiger partial charge in [0.25, 0.3) is 11.8 Å². The number of nitrogens with zero attached hydrogens (tertiary/aromatic N) is 1. The van der Waals surface area contributed by atoms with Crippen molar-refractivity contribution in [2.24, 2.45) is 12.8 Å². The molecular formula is C9H10ClN3O2. The molecule has 1 aromatic rings. The summed E-state index contributed by atoms with van der Waals surface area (Å²) in [6.45, 7) is 3.26. The van der Waals surface area contributed by atoms with E-state index >= 15 is 0 Å². The number of hydrogen-bond donors (Lipinski definition) is 2. The SMILES string of the molecule is C=C(Cl)C(=O)Nc1ccn(C)c1C(N)=O. The zero-order chi connectivity index (χ0) is 11.6. The van der Waals surface area contributed by atoms with E-state index in [0.29, 0.717) is 5.69 Å². The van der Waals surface area contributed by atoms with Gasteiger partial charge in [0.2, 0.25) is 0 Å². The summed E-state index contributed by atoms with van der Waals surface area (Å²) in [6, 6.07) is 1.55. The van der Waals surface area contributed by atoms with E-state index in [9.17, 15) is 9.59 Å². The Bertz CT molecular complexity index is 437. The Hall–Kier alpha value is -1.75. The van der Waals surface area contributed by atoms with Crippen LogP contribution in [-0.2, 0) is 11.8 Å². The Morgan fingerprint density at radius 2 is 2.20 bits per heavy atom. The lowest BCUT2D eigenvalue weighted by atomic mass is 10.3. The van der Waals surface area contributed by atoms with Gasteiger partial charge in [-0.2, -0.15) is 0 Å². The fraction of sp³-hybridized carbons (Fsp3) is 0.111. The van der Waals surface area contributed by atoms with E-state index in [1.807, 2.05) is 0 Å². The molecule has 0 atom stereocenters. The van der Waals surface area contributed by atoms with Crippen LogP contribution in [0.1, 0.15) is 10.5 Å². The maximum atomic E-state index is 11.2. The highest BCUT2D eigenvalue weighted by atomic mass is 35.5. The van der Waals surface area contributed by atoms with Crippen LogP contribution < -0.4 is 11.1 Å². The molecule has 0 saturated carbocycles. The number of nitrogens with two attached hydrogens (primary N) is 1. The number of nitrogens with one attached hydrogen (secondary N) is 1. The molecule has 5 nitrogen and oxygen atoms in total. The average molecular weight is 228 g/mol. The normalized spacial score (nSPS) is 9.73. The summed E-state index contributed by atoms with van der Waals surface area (Å²) >= 11 is 5.39. The third kappa shape index (κ3) is 2.38. The topological polar surface area (TPSA) is 77.1 Å². The molecule has 0 saturated heterocycles. The van der Waals surface area contributed by atoms with Crippen LogP contribution in [0.3, 0.4) is 0 Å². The number of rotatable bonds is 3. The summed E-state index contributed by atoms with van der Waals surface area (Å²) in [4.78, 5) is 22.2. The quantitative estimate of drug-likeness (QED) is 0.750. The van der Waals surface area contributed by atoms with E-state index in [0.717, 1.165) is 0 Å².